The summed E-state index contributed by atoms with van der Waals surface area (Å²) in [7, 11) is 0. The molecule has 3 aromatic carbocycles. The summed E-state index contributed by atoms with van der Waals surface area (Å²) in [6, 6.07) is 15.6. The van der Waals surface area contributed by atoms with Gasteiger partial charge >= 0.3 is 0 Å². The molecule has 0 aliphatic rings. The summed E-state index contributed by atoms with van der Waals surface area (Å²) in [6.07, 6.45) is 0. The van der Waals surface area contributed by atoms with Gasteiger partial charge in [0.15, 0.2) is 23.3 Å². The second kappa shape index (κ2) is 14.6. The van der Waals surface area contributed by atoms with E-state index in [1.165, 1.54) is 23.3 Å². The molecule has 3 rings (SSSR count). The van der Waals surface area contributed by atoms with E-state index in [9.17, 15) is 17.6 Å². The van der Waals surface area contributed by atoms with Crippen LogP contribution in [0.5, 0.6) is 0 Å². The van der Waals surface area contributed by atoms with E-state index in [0.29, 0.717) is 11.5 Å². The SMILES string of the molecule is C.CC(C)c1ccc(F)c(F)c1.Cc1cc(C(C)C)cc(F)c1F.Cc1ccc(C(C)C)cc1. The fourth-order valence-corrected chi connectivity index (χ4v) is 2.91. The van der Waals surface area contributed by atoms with Crippen molar-refractivity contribution in [1.82, 2.24) is 0 Å². The molecule has 0 aromatic heterocycles. The second-order valence-electron chi connectivity index (χ2n) is 9.18. The number of hydrogen-bond donors (Lipinski definition) is 0. The molecule has 0 atom stereocenters. The molecule has 0 N–H and O–H groups in total. The third-order valence-corrected chi connectivity index (χ3v) is 5.25. The largest absolute Gasteiger partial charge is 0.204 e. The molecule has 0 saturated heterocycles. The van der Waals surface area contributed by atoms with Gasteiger partial charge in [-0.3, -0.25) is 0 Å². The molecule has 34 heavy (non-hydrogen) atoms. The zero-order chi connectivity index (χ0) is 25.3. The molecule has 0 unspecified atom stereocenters. The Morgan fingerprint density at radius 2 is 0.941 bits per heavy atom. The number of aryl methyl sites for hydroxylation is 2. The van der Waals surface area contributed by atoms with Gasteiger partial charge in [-0.2, -0.15) is 0 Å². The number of benzene rings is 3. The summed E-state index contributed by atoms with van der Waals surface area (Å²) >= 11 is 0. The summed E-state index contributed by atoms with van der Waals surface area (Å²) < 4.78 is 50.6. The monoisotopic (exact) mass is 476 g/mol. The van der Waals surface area contributed by atoms with Crippen LogP contribution in [-0.4, -0.2) is 0 Å². The predicted octanol–water partition coefficient (Wildman–Crippen LogP) is 10.2. The Hall–Kier alpha value is -2.62. The zero-order valence-corrected chi connectivity index (χ0v) is 20.9. The lowest BCUT2D eigenvalue weighted by Crippen LogP contribution is -1.95. The maximum absolute atomic E-state index is 12.8. The first-order chi connectivity index (χ1) is 15.3. The topological polar surface area (TPSA) is 0 Å². The molecule has 0 bridgehead atoms. The van der Waals surface area contributed by atoms with Gasteiger partial charge in [-0.15, -0.1) is 0 Å². The molecule has 4 heteroatoms. The highest BCUT2D eigenvalue weighted by atomic mass is 19.2. The Morgan fingerprint density at radius 3 is 1.35 bits per heavy atom. The van der Waals surface area contributed by atoms with Gasteiger partial charge in [-0.05, 0) is 72.1 Å². The van der Waals surface area contributed by atoms with E-state index in [4.69, 9.17) is 0 Å². The Morgan fingerprint density at radius 1 is 0.500 bits per heavy atom. The fourth-order valence-electron chi connectivity index (χ4n) is 2.91. The minimum absolute atomic E-state index is 0. The minimum Gasteiger partial charge on any atom is -0.204 e. The van der Waals surface area contributed by atoms with Gasteiger partial charge in [-0.25, -0.2) is 17.6 Å². The van der Waals surface area contributed by atoms with Crippen molar-refractivity contribution in [2.45, 2.75) is 80.6 Å². The summed E-state index contributed by atoms with van der Waals surface area (Å²) in [4.78, 5) is 0. The smallest absolute Gasteiger partial charge is 0.161 e. The lowest BCUT2D eigenvalue weighted by atomic mass is 10.0. The maximum atomic E-state index is 12.8. The van der Waals surface area contributed by atoms with E-state index in [1.54, 1.807) is 19.1 Å². The average Bonchev–Trinajstić information content (AvgIpc) is 2.74. The van der Waals surface area contributed by atoms with Crippen LogP contribution in [0.25, 0.3) is 0 Å². The fraction of sp³-hybridized carbons (Fsp3) is 0.400. The normalized spacial score (nSPS) is 10.3. The van der Waals surface area contributed by atoms with Gasteiger partial charge in [0, 0.05) is 0 Å². The van der Waals surface area contributed by atoms with Crippen LogP contribution >= 0.6 is 0 Å². The van der Waals surface area contributed by atoms with Crippen LogP contribution in [-0.2, 0) is 0 Å². The molecule has 0 fully saturated rings. The van der Waals surface area contributed by atoms with E-state index in [2.05, 4.69) is 45.0 Å². The first-order valence-electron chi connectivity index (χ1n) is 11.3. The molecule has 0 heterocycles. The van der Waals surface area contributed by atoms with Crippen LogP contribution in [0.4, 0.5) is 17.6 Å². The number of halogens is 4. The Balaban J connectivity index is 0.000000475. The number of hydrogen-bond acceptors (Lipinski definition) is 0. The lowest BCUT2D eigenvalue weighted by molar-refractivity contribution is 0.500. The molecular formula is C30H40F4. The molecule has 0 nitrogen and oxygen atoms in total. The molecule has 0 radical (unpaired) electrons. The van der Waals surface area contributed by atoms with Crippen molar-refractivity contribution in [1.29, 1.82) is 0 Å². The molecule has 0 aliphatic carbocycles. The average molecular weight is 477 g/mol. The predicted molar refractivity (Wildman–Crippen MR) is 138 cm³/mol. The molecule has 0 saturated carbocycles. The summed E-state index contributed by atoms with van der Waals surface area (Å²) in [6.45, 7) is 15.9. The van der Waals surface area contributed by atoms with Crippen molar-refractivity contribution < 1.29 is 17.6 Å². The van der Waals surface area contributed by atoms with Crippen molar-refractivity contribution in [2.75, 3.05) is 0 Å². The van der Waals surface area contributed by atoms with Gasteiger partial charge in [0.25, 0.3) is 0 Å². The van der Waals surface area contributed by atoms with Crippen LogP contribution in [0.15, 0.2) is 54.6 Å². The highest BCUT2D eigenvalue weighted by Crippen LogP contribution is 2.20. The first-order valence-corrected chi connectivity index (χ1v) is 11.3. The Kier molecular flexibility index (Phi) is 13.5. The summed E-state index contributed by atoms with van der Waals surface area (Å²) in [5.74, 6) is -1.91. The van der Waals surface area contributed by atoms with Crippen molar-refractivity contribution >= 4 is 0 Å². The van der Waals surface area contributed by atoms with Crippen molar-refractivity contribution in [3.05, 3.63) is 106 Å². The molecule has 3 aromatic rings. The van der Waals surface area contributed by atoms with Crippen LogP contribution in [0, 0.1) is 37.1 Å². The van der Waals surface area contributed by atoms with E-state index in [-0.39, 0.29) is 19.3 Å². The van der Waals surface area contributed by atoms with Crippen LogP contribution in [0.2, 0.25) is 0 Å². The molecule has 188 valence electrons. The second-order valence-corrected chi connectivity index (χ2v) is 9.18. The molecule has 0 spiro atoms. The van der Waals surface area contributed by atoms with Crippen molar-refractivity contribution in [3.63, 3.8) is 0 Å². The highest BCUT2D eigenvalue weighted by Gasteiger charge is 2.09. The quantitative estimate of drug-likeness (QED) is 0.330. The maximum Gasteiger partial charge on any atom is 0.161 e. The van der Waals surface area contributed by atoms with Gasteiger partial charge in [0.05, 0.1) is 0 Å². The first kappa shape index (κ1) is 31.4. The van der Waals surface area contributed by atoms with E-state index in [0.717, 1.165) is 17.2 Å². The Labute approximate surface area is 204 Å². The zero-order valence-electron chi connectivity index (χ0n) is 20.9. The van der Waals surface area contributed by atoms with E-state index < -0.39 is 23.3 Å². The van der Waals surface area contributed by atoms with Crippen LogP contribution in [0.3, 0.4) is 0 Å². The standard InChI is InChI=1S/C10H12F2.C10H14.C9H10F2.CH4/c1-6(2)8-4-7(3)10(12)9(11)5-8;1-8(2)10-6-4-9(3)5-7-10;1-6(2)7-3-4-8(10)9(11)5-7;/h4-6H,1-3H3;4-8H,1-3H3;3-6H,1-2H3;1H4. The molecule has 0 amide bonds. The van der Waals surface area contributed by atoms with Crippen LogP contribution < -0.4 is 0 Å². The third-order valence-electron chi connectivity index (χ3n) is 5.25. The number of rotatable bonds is 3. The highest BCUT2D eigenvalue weighted by molar-refractivity contribution is 5.27. The van der Waals surface area contributed by atoms with Crippen molar-refractivity contribution in [3.8, 4) is 0 Å². The third kappa shape index (κ3) is 10.1. The van der Waals surface area contributed by atoms with Crippen LogP contribution in [0.1, 0.15) is 94.5 Å². The Bertz CT molecular complexity index is 980. The molecular weight excluding hydrogens is 436 g/mol. The van der Waals surface area contributed by atoms with Gasteiger partial charge < -0.3 is 0 Å². The minimum atomic E-state index is -0.783. The van der Waals surface area contributed by atoms with Crippen molar-refractivity contribution in [2.24, 2.45) is 0 Å². The van der Waals surface area contributed by atoms with Gasteiger partial charge in [0.1, 0.15) is 0 Å². The van der Waals surface area contributed by atoms with E-state index in [1.807, 2.05) is 27.7 Å². The molecule has 0 aliphatic heterocycles. The summed E-state index contributed by atoms with van der Waals surface area (Å²) in [5, 5.41) is 0. The van der Waals surface area contributed by atoms with E-state index >= 15 is 0 Å². The van der Waals surface area contributed by atoms with Gasteiger partial charge in [-0.1, -0.05) is 90.9 Å². The lowest BCUT2D eigenvalue weighted by Gasteiger charge is -2.07. The van der Waals surface area contributed by atoms with Gasteiger partial charge in [0.2, 0.25) is 0 Å². The summed E-state index contributed by atoms with van der Waals surface area (Å²) in [5.41, 5.74) is 4.80.